The van der Waals surface area contributed by atoms with Gasteiger partial charge in [-0.05, 0) is 30.7 Å². The van der Waals surface area contributed by atoms with Gasteiger partial charge in [0.25, 0.3) is 5.91 Å². The molecular weight excluding hydrogens is 276 g/mol. The van der Waals surface area contributed by atoms with Crippen LogP contribution in [0.4, 0.5) is 0 Å². The maximum absolute atomic E-state index is 11.7. The number of amides is 2. The minimum absolute atomic E-state index is 0.195. The van der Waals surface area contributed by atoms with E-state index in [-0.39, 0.29) is 12.8 Å². The van der Waals surface area contributed by atoms with E-state index in [1.165, 1.54) is 0 Å². The Kier molecular flexibility index (Phi) is 6.73. The molecule has 2 amide bonds. The van der Waals surface area contributed by atoms with Gasteiger partial charge in [0.2, 0.25) is 5.91 Å². The lowest BCUT2D eigenvalue weighted by Crippen LogP contribution is -2.41. The van der Waals surface area contributed by atoms with E-state index in [0.717, 1.165) is 6.42 Å². The first-order valence-corrected chi connectivity index (χ1v) is 6.56. The predicted molar refractivity (Wildman–Crippen MR) is 74.7 cm³/mol. The molecule has 0 unspecified atom stereocenters. The number of nitrogens with one attached hydrogen (secondary N) is 2. The fraction of sp³-hybridized carbons (Fsp3) is 0.357. The third-order valence-corrected chi connectivity index (χ3v) is 2.47. The van der Waals surface area contributed by atoms with E-state index in [1.54, 1.807) is 24.3 Å². The highest BCUT2D eigenvalue weighted by molar-refractivity contribution is 5.95. The van der Waals surface area contributed by atoms with Crippen molar-refractivity contribution >= 4 is 17.8 Å². The summed E-state index contributed by atoms with van der Waals surface area (Å²) in [5.74, 6) is -1.45. The molecule has 0 aliphatic heterocycles. The summed E-state index contributed by atoms with van der Waals surface area (Å²) in [5.41, 5.74) is 4.72. The van der Waals surface area contributed by atoms with Crippen LogP contribution in [-0.2, 0) is 9.59 Å². The molecule has 21 heavy (non-hydrogen) atoms. The molecule has 114 valence electrons. The number of carboxylic acids is 1. The molecule has 0 aromatic heterocycles. The number of hydrogen-bond acceptors (Lipinski definition) is 4. The van der Waals surface area contributed by atoms with E-state index in [2.05, 4.69) is 10.9 Å². The van der Waals surface area contributed by atoms with Crippen LogP contribution >= 0.6 is 0 Å². The van der Waals surface area contributed by atoms with Crippen molar-refractivity contribution in [3.63, 3.8) is 0 Å². The Labute approximate surface area is 122 Å². The summed E-state index contributed by atoms with van der Waals surface area (Å²) in [7, 11) is 0. The highest BCUT2D eigenvalue weighted by atomic mass is 16.5. The lowest BCUT2D eigenvalue weighted by atomic mass is 10.2. The summed E-state index contributed by atoms with van der Waals surface area (Å²) >= 11 is 0. The van der Waals surface area contributed by atoms with Crippen LogP contribution in [0.1, 0.15) is 36.5 Å². The van der Waals surface area contributed by atoms with E-state index in [0.29, 0.717) is 17.9 Å². The molecule has 0 heterocycles. The molecule has 0 saturated carbocycles. The van der Waals surface area contributed by atoms with E-state index >= 15 is 0 Å². The Hall–Kier alpha value is -2.57. The number of hydrogen-bond donors (Lipinski definition) is 3. The van der Waals surface area contributed by atoms with Gasteiger partial charge in [-0.1, -0.05) is 6.92 Å². The van der Waals surface area contributed by atoms with Gasteiger partial charge in [-0.2, -0.15) is 0 Å². The molecule has 0 saturated heterocycles. The molecule has 7 heteroatoms. The van der Waals surface area contributed by atoms with Gasteiger partial charge in [0.05, 0.1) is 13.0 Å². The molecule has 1 rings (SSSR count). The molecule has 7 nitrogen and oxygen atoms in total. The standard InChI is InChI=1S/C14H18N2O5/c1-2-9-21-11-5-3-10(4-6-11)14(20)16-15-12(17)7-8-13(18)19/h3-6H,2,7-9H2,1H3,(H,15,17)(H,16,20)(H,18,19). The first-order chi connectivity index (χ1) is 10.0. The average molecular weight is 294 g/mol. The van der Waals surface area contributed by atoms with Crippen LogP contribution in [0.15, 0.2) is 24.3 Å². The molecule has 0 fully saturated rings. The Morgan fingerprint density at radius 3 is 2.33 bits per heavy atom. The zero-order valence-corrected chi connectivity index (χ0v) is 11.7. The van der Waals surface area contributed by atoms with E-state index in [1.807, 2.05) is 6.92 Å². The van der Waals surface area contributed by atoms with Crippen molar-refractivity contribution in [1.82, 2.24) is 10.9 Å². The second-order valence-electron chi connectivity index (χ2n) is 4.27. The Morgan fingerprint density at radius 2 is 1.76 bits per heavy atom. The molecule has 0 aliphatic rings. The molecule has 3 N–H and O–H groups in total. The smallest absolute Gasteiger partial charge is 0.303 e. The highest BCUT2D eigenvalue weighted by Crippen LogP contribution is 2.12. The molecule has 1 aromatic rings. The third kappa shape index (κ3) is 6.42. The fourth-order valence-electron chi connectivity index (χ4n) is 1.40. The van der Waals surface area contributed by atoms with Gasteiger partial charge >= 0.3 is 5.97 Å². The number of hydrazine groups is 1. The lowest BCUT2D eigenvalue weighted by Gasteiger charge is -2.08. The third-order valence-electron chi connectivity index (χ3n) is 2.47. The summed E-state index contributed by atoms with van der Waals surface area (Å²) in [6, 6.07) is 6.47. The number of aliphatic carboxylic acids is 1. The van der Waals surface area contributed by atoms with Crippen LogP contribution in [0.2, 0.25) is 0 Å². The summed E-state index contributed by atoms with van der Waals surface area (Å²) in [4.78, 5) is 33.3. The maximum Gasteiger partial charge on any atom is 0.303 e. The molecule has 0 atom stereocenters. The van der Waals surface area contributed by atoms with Gasteiger partial charge in [0.1, 0.15) is 5.75 Å². The highest BCUT2D eigenvalue weighted by Gasteiger charge is 2.08. The molecule has 1 aromatic carbocycles. The second-order valence-corrected chi connectivity index (χ2v) is 4.27. The zero-order chi connectivity index (χ0) is 15.7. The van der Waals surface area contributed by atoms with Crippen LogP contribution in [0.25, 0.3) is 0 Å². The van der Waals surface area contributed by atoms with Gasteiger partial charge in [0, 0.05) is 12.0 Å². The molecule has 0 spiro atoms. The van der Waals surface area contributed by atoms with Crippen LogP contribution < -0.4 is 15.6 Å². The second kappa shape index (κ2) is 8.57. The SMILES string of the molecule is CCCOc1ccc(C(=O)NNC(=O)CCC(=O)O)cc1. The van der Waals surface area contributed by atoms with Crippen LogP contribution in [0.3, 0.4) is 0 Å². The summed E-state index contributed by atoms with van der Waals surface area (Å²) in [6.45, 7) is 2.60. The number of rotatable bonds is 7. The minimum atomic E-state index is -1.07. The minimum Gasteiger partial charge on any atom is -0.494 e. The number of carbonyl (C=O) groups is 3. The van der Waals surface area contributed by atoms with Crippen molar-refractivity contribution in [2.75, 3.05) is 6.61 Å². The van der Waals surface area contributed by atoms with Crippen molar-refractivity contribution in [3.8, 4) is 5.75 Å². The molecule has 0 aliphatic carbocycles. The van der Waals surface area contributed by atoms with E-state index < -0.39 is 17.8 Å². The van der Waals surface area contributed by atoms with E-state index in [9.17, 15) is 14.4 Å². The average Bonchev–Trinajstić information content (AvgIpc) is 2.49. The summed E-state index contributed by atoms with van der Waals surface area (Å²) in [6.07, 6.45) is 0.412. The predicted octanol–water partition coefficient (Wildman–Crippen LogP) is 1.10. The van der Waals surface area contributed by atoms with Crippen LogP contribution in [0, 0.1) is 0 Å². The maximum atomic E-state index is 11.7. The fourth-order valence-corrected chi connectivity index (χ4v) is 1.40. The van der Waals surface area contributed by atoms with Crippen molar-refractivity contribution in [2.45, 2.75) is 26.2 Å². The van der Waals surface area contributed by atoms with Gasteiger partial charge in [0.15, 0.2) is 0 Å². The topological polar surface area (TPSA) is 105 Å². The molecule has 0 radical (unpaired) electrons. The zero-order valence-electron chi connectivity index (χ0n) is 11.7. The quantitative estimate of drug-likeness (QED) is 0.653. The van der Waals surface area contributed by atoms with Crippen molar-refractivity contribution in [2.24, 2.45) is 0 Å². The van der Waals surface area contributed by atoms with Gasteiger partial charge in [-0.25, -0.2) is 0 Å². The summed E-state index contributed by atoms with van der Waals surface area (Å²) < 4.78 is 5.39. The largest absolute Gasteiger partial charge is 0.494 e. The number of benzene rings is 1. The Bertz CT molecular complexity index is 499. The molecule has 0 bridgehead atoms. The van der Waals surface area contributed by atoms with E-state index in [4.69, 9.17) is 9.84 Å². The van der Waals surface area contributed by atoms with Gasteiger partial charge < -0.3 is 9.84 Å². The number of carbonyl (C=O) groups excluding carboxylic acids is 2. The van der Waals surface area contributed by atoms with Crippen LogP contribution in [0.5, 0.6) is 5.75 Å². The Balaban J connectivity index is 2.41. The van der Waals surface area contributed by atoms with Gasteiger partial charge in [-0.3, -0.25) is 25.2 Å². The molecular formula is C14H18N2O5. The first kappa shape index (κ1) is 16.5. The number of ether oxygens (including phenoxy) is 1. The van der Waals surface area contributed by atoms with Crippen molar-refractivity contribution in [1.29, 1.82) is 0 Å². The lowest BCUT2D eigenvalue weighted by molar-refractivity contribution is -0.138. The summed E-state index contributed by atoms with van der Waals surface area (Å²) in [5, 5.41) is 8.43. The normalized spacial score (nSPS) is 9.76. The number of carboxylic acid groups (broad SMARTS) is 1. The Morgan fingerprint density at radius 1 is 1.10 bits per heavy atom. The van der Waals surface area contributed by atoms with Crippen LogP contribution in [-0.4, -0.2) is 29.5 Å². The van der Waals surface area contributed by atoms with Crippen molar-refractivity contribution < 1.29 is 24.2 Å². The first-order valence-electron chi connectivity index (χ1n) is 6.56. The van der Waals surface area contributed by atoms with Crippen molar-refractivity contribution in [3.05, 3.63) is 29.8 Å². The monoisotopic (exact) mass is 294 g/mol. The van der Waals surface area contributed by atoms with Gasteiger partial charge in [-0.15, -0.1) is 0 Å².